The van der Waals surface area contributed by atoms with Gasteiger partial charge in [-0.05, 0) is 74.1 Å². The molecule has 0 bridgehead atoms. The summed E-state index contributed by atoms with van der Waals surface area (Å²) in [6.45, 7) is 8.06. The molecule has 0 saturated carbocycles. The topological polar surface area (TPSA) is 81.8 Å². The first kappa shape index (κ1) is 23.8. The van der Waals surface area contributed by atoms with Crippen LogP contribution in [0.5, 0.6) is 0 Å². The first-order chi connectivity index (χ1) is 16.0. The lowest BCUT2D eigenvalue weighted by Gasteiger charge is -2.45. The minimum absolute atomic E-state index is 0.00445. The summed E-state index contributed by atoms with van der Waals surface area (Å²) in [6, 6.07) is 10.6. The van der Waals surface area contributed by atoms with Crippen molar-refractivity contribution in [2.24, 2.45) is 0 Å². The number of amides is 4. The third-order valence-electron chi connectivity index (χ3n) is 6.74. The van der Waals surface area contributed by atoms with Gasteiger partial charge in [0.15, 0.2) is 0 Å². The van der Waals surface area contributed by atoms with E-state index in [1.165, 1.54) is 0 Å². The number of carbonyl (C=O) groups is 3. The van der Waals surface area contributed by atoms with Crippen LogP contribution in [-0.2, 0) is 9.59 Å². The van der Waals surface area contributed by atoms with Crippen LogP contribution in [0, 0.1) is 6.92 Å². The molecule has 2 aliphatic rings. The Morgan fingerprint density at radius 3 is 2.68 bits per heavy atom. The van der Waals surface area contributed by atoms with E-state index in [0.717, 1.165) is 28.1 Å². The van der Waals surface area contributed by atoms with Crippen LogP contribution in [0.2, 0.25) is 5.02 Å². The highest BCUT2D eigenvalue weighted by Crippen LogP contribution is 2.44. The molecule has 7 nitrogen and oxygen atoms in total. The first-order valence-electron chi connectivity index (χ1n) is 11.3. The molecule has 8 heteroatoms. The molecule has 2 aromatic carbocycles. The molecule has 1 fully saturated rings. The van der Waals surface area contributed by atoms with Gasteiger partial charge in [-0.25, -0.2) is 9.69 Å². The number of halogens is 1. The summed E-state index contributed by atoms with van der Waals surface area (Å²) in [4.78, 5) is 41.0. The predicted molar refractivity (Wildman–Crippen MR) is 135 cm³/mol. The number of rotatable bonds is 4. The minimum atomic E-state index is -0.639. The Morgan fingerprint density at radius 1 is 1.26 bits per heavy atom. The SMILES string of the molecule is Cc1ccccc1NC(=O)CN1C(=O)N/C(=C/c2cc3c(cc2Cl)N(C)C(C)(C)CC3C)C1=O. The molecule has 4 rings (SSSR count). The Kier molecular flexibility index (Phi) is 6.16. The maximum Gasteiger partial charge on any atom is 0.329 e. The molecule has 2 N–H and O–H groups in total. The Balaban J connectivity index is 1.55. The number of para-hydroxylation sites is 1. The Bertz CT molecular complexity index is 1220. The molecule has 1 saturated heterocycles. The number of hydrogen-bond donors (Lipinski definition) is 2. The largest absolute Gasteiger partial charge is 0.369 e. The summed E-state index contributed by atoms with van der Waals surface area (Å²) in [5.41, 5.74) is 4.47. The summed E-state index contributed by atoms with van der Waals surface area (Å²) >= 11 is 6.58. The number of anilines is 2. The van der Waals surface area contributed by atoms with E-state index < -0.39 is 17.8 Å². The standard InChI is InChI=1S/C26H29ClN4O3/c1-15-8-6-7-9-20(15)28-23(32)14-31-24(33)21(29-25(31)34)11-17-10-18-16(2)13-26(3,4)30(5)22(18)12-19(17)27/h6-12,16H,13-14H2,1-5H3,(H,28,32)(H,29,34)/b21-11+. The van der Waals surface area contributed by atoms with Crippen molar-refractivity contribution in [2.45, 2.75) is 45.6 Å². The van der Waals surface area contributed by atoms with Crippen molar-refractivity contribution in [2.75, 3.05) is 23.8 Å². The van der Waals surface area contributed by atoms with Crippen molar-refractivity contribution in [3.05, 3.63) is 63.8 Å². The van der Waals surface area contributed by atoms with Crippen LogP contribution in [-0.4, -0.2) is 41.9 Å². The van der Waals surface area contributed by atoms with E-state index in [4.69, 9.17) is 11.6 Å². The lowest BCUT2D eigenvalue weighted by atomic mass is 9.80. The molecule has 0 radical (unpaired) electrons. The van der Waals surface area contributed by atoms with Gasteiger partial charge < -0.3 is 15.5 Å². The van der Waals surface area contributed by atoms with E-state index in [0.29, 0.717) is 22.2 Å². The van der Waals surface area contributed by atoms with Crippen LogP contribution in [0.15, 0.2) is 42.1 Å². The highest BCUT2D eigenvalue weighted by Gasteiger charge is 2.37. The van der Waals surface area contributed by atoms with E-state index in [-0.39, 0.29) is 17.8 Å². The Labute approximate surface area is 204 Å². The molecule has 0 aromatic heterocycles. The predicted octanol–water partition coefficient (Wildman–Crippen LogP) is 4.90. The summed E-state index contributed by atoms with van der Waals surface area (Å²) < 4.78 is 0. The van der Waals surface area contributed by atoms with Gasteiger partial charge in [0.25, 0.3) is 5.91 Å². The number of urea groups is 1. The monoisotopic (exact) mass is 480 g/mol. The lowest BCUT2D eigenvalue weighted by molar-refractivity contribution is -0.127. The Morgan fingerprint density at radius 2 is 1.97 bits per heavy atom. The number of nitrogens with zero attached hydrogens (tertiary/aromatic N) is 2. The highest BCUT2D eigenvalue weighted by atomic mass is 35.5. The highest BCUT2D eigenvalue weighted by molar-refractivity contribution is 6.32. The zero-order chi connectivity index (χ0) is 24.8. The maximum atomic E-state index is 12.9. The molecule has 34 heavy (non-hydrogen) atoms. The van der Waals surface area contributed by atoms with Crippen molar-refractivity contribution in [3.8, 4) is 0 Å². The number of imide groups is 1. The quantitative estimate of drug-likeness (QED) is 0.481. The van der Waals surface area contributed by atoms with Gasteiger partial charge in [0.05, 0.1) is 0 Å². The van der Waals surface area contributed by atoms with E-state index in [2.05, 4.69) is 43.4 Å². The van der Waals surface area contributed by atoms with Crippen LogP contribution in [0.25, 0.3) is 6.08 Å². The van der Waals surface area contributed by atoms with Crippen LogP contribution >= 0.6 is 11.6 Å². The van der Waals surface area contributed by atoms with Gasteiger partial charge in [0.2, 0.25) is 5.91 Å². The lowest BCUT2D eigenvalue weighted by Crippen LogP contribution is -2.45. The zero-order valence-corrected chi connectivity index (χ0v) is 20.8. The molecular formula is C26H29ClN4O3. The van der Waals surface area contributed by atoms with Gasteiger partial charge in [-0.3, -0.25) is 9.59 Å². The molecule has 1 unspecified atom stereocenters. The molecular weight excluding hydrogens is 452 g/mol. The summed E-state index contributed by atoms with van der Waals surface area (Å²) in [7, 11) is 2.06. The fraction of sp³-hybridized carbons (Fsp3) is 0.346. The van der Waals surface area contributed by atoms with Crippen molar-refractivity contribution in [1.82, 2.24) is 10.2 Å². The van der Waals surface area contributed by atoms with Gasteiger partial charge in [0, 0.05) is 29.0 Å². The average molecular weight is 481 g/mol. The second-order valence-electron chi connectivity index (χ2n) is 9.65. The minimum Gasteiger partial charge on any atom is -0.369 e. The molecule has 1 atom stereocenters. The zero-order valence-electron chi connectivity index (χ0n) is 20.0. The Hall–Kier alpha value is -3.32. The third-order valence-corrected chi connectivity index (χ3v) is 7.06. The van der Waals surface area contributed by atoms with Gasteiger partial charge >= 0.3 is 6.03 Å². The average Bonchev–Trinajstić information content (AvgIpc) is 3.02. The second kappa shape index (κ2) is 8.80. The first-order valence-corrected chi connectivity index (χ1v) is 11.6. The van der Waals surface area contributed by atoms with Crippen molar-refractivity contribution in [1.29, 1.82) is 0 Å². The number of benzene rings is 2. The van der Waals surface area contributed by atoms with Crippen molar-refractivity contribution >= 4 is 46.9 Å². The fourth-order valence-electron chi connectivity index (χ4n) is 4.63. The number of aryl methyl sites for hydroxylation is 1. The maximum absolute atomic E-state index is 12.9. The van der Waals surface area contributed by atoms with E-state index in [1.54, 1.807) is 18.2 Å². The van der Waals surface area contributed by atoms with E-state index >= 15 is 0 Å². The smallest absolute Gasteiger partial charge is 0.329 e. The summed E-state index contributed by atoms with van der Waals surface area (Å²) in [6.07, 6.45) is 2.56. The van der Waals surface area contributed by atoms with Crippen molar-refractivity contribution < 1.29 is 14.4 Å². The van der Waals surface area contributed by atoms with Gasteiger partial charge in [-0.2, -0.15) is 0 Å². The second-order valence-corrected chi connectivity index (χ2v) is 10.1. The van der Waals surface area contributed by atoms with E-state index in [1.807, 2.05) is 31.2 Å². The summed E-state index contributed by atoms with van der Waals surface area (Å²) in [5, 5.41) is 5.80. The van der Waals surface area contributed by atoms with Gasteiger partial charge in [-0.15, -0.1) is 0 Å². The van der Waals surface area contributed by atoms with E-state index in [9.17, 15) is 14.4 Å². The van der Waals surface area contributed by atoms with Crippen molar-refractivity contribution in [3.63, 3.8) is 0 Å². The third kappa shape index (κ3) is 4.40. The van der Waals surface area contributed by atoms with Crippen LogP contribution < -0.4 is 15.5 Å². The number of carbonyl (C=O) groups excluding carboxylic acids is 3. The van der Waals surface area contributed by atoms with Crippen LogP contribution in [0.3, 0.4) is 0 Å². The number of fused-ring (bicyclic) bond motifs is 1. The molecule has 2 aliphatic heterocycles. The van der Waals surface area contributed by atoms with Gasteiger partial charge in [0.1, 0.15) is 12.2 Å². The molecule has 2 aromatic rings. The molecule has 2 heterocycles. The molecule has 4 amide bonds. The molecule has 0 aliphatic carbocycles. The number of nitrogens with one attached hydrogen (secondary N) is 2. The summed E-state index contributed by atoms with van der Waals surface area (Å²) in [5.74, 6) is -0.707. The molecule has 0 spiro atoms. The van der Waals surface area contributed by atoms with Gasteiger partial charge in [-0.1, -0.05) is 36.7 Å². The fourth-order valence-corrected chi connectivity index (χ4v) is 4.84. The molecule has 178 valence electrons. The van der Waals surface area contributed by atoms with Crippen LogP contribution in [0.1, 0.15) is 49.8 Å². The normalized spacial score (nSPS) is 20.4. The number of hydrogen-bond acceptors (Lipinski definition) is 4. The van der Waals surface area contributed by atoms with Crippen LogP contribution in [0.4, 0.5) is 16.2 Å².